The van der Waals surface area contributed by atoms with Gasteiger partial charge < -0.3 is 5.32 Å². The van der Waals surface area contributed by atoms with Gasteiger partial charge in [0.25, 0.3) is 0 Å². The number of hydrogen-bond acceptors (Lipinski definition) is 2. The van der Waals surface area contributed by atoms with Crippen molar-refractivity contribution in [3.8, 4) is 0 Å². The Bertz CT molecular complexity index is 107. The van der Waals surface area contributed by atoms with E-state index in [2.05, 4.69) is 30.6 Å². The van der Waals surface area contributed by atoms with E-state index in [1.807, 2.05) is 6.20 Å². The maximum absolute atomic E-state index is 3.32. The van der Waals surface area contributed by atoms with Gasteiger partial charge in [0, 0.05) is 6.54 Å². The minimum Gasteiger partial charge on any atom is -0.376 e. The van der Waals surface area contributed by atoms with E-state index in [1.54, 1.807) is 0 Å². The molecule has 1 heterocycles. The molecule has 2 heteroatoms. The minimum atomic E-state index is 0.468. The second kappa shape index (κ2) is 2.87. The fourth-order valence-electron chi connectivity index (χ4n) is 0.913. The van der Waals surface area contributed by atoms with Crippen molar-refractivity contribution in [2.75, 3.05) is 6.54 Å². The first-order chi connectivity index (χ1) is 4.30. The molecule has 1 atom stereocenters. The lowest BCUT2D eigenvalue weighted by Crippen LogP contribution is -2.46. The molecule has 1 rings (SSSR count). The Morgan fingerprint density at radius 1 is 1.56 bits per heavy atom. The van der Waals surface area contributed by atoms with Crippen LogP contribution < -0.4 is 10.6 Å². The van der Waals surface area contributed by atoms with Crippen LogP contribution in [0.15, 0.2) is 12.3 Å². The fourth-order valence-corrected chi connectivity index (χ4v) is 0.913. The molecule has 52 valence electrons. The molecule has 0 aromatic carbocycles. The third kappa shape index (κ3) is 1.72. The smallest absolute Gasteiger partial charge is 0.0788 e. The lowest BCUT2D eigenvalue weighted by molar-refractivity contribution is 0.368. The first-order valence-electron chi connectivity index (χ1n) is 3.45. The van der Waals surface area contributed by atoms with Crippen LogP contribution in [0.5, 0.6) is 0 Å². The Labute approximate surface area is 56.3 Å². The van der Waals surface area contributed by atoms with Crippen LogP contribution >= 0.6 is 0 Å². The topological polar surface area (TPSA) is 24.1 Å². The van der Waals surface area contributed by atoms with Crippen molar-refractivity contribution in [1.29, 1.82) is 0 Å². The Morgan fingerprint density at radius 3 is 2.67 bits per heavy atom. The van der Waals surface area contributed by atoms with Crippen molar-refractivity contribution < 1.29 is 0 Å². The van der Waals surface area contributed by atoms with Gasteiger partial charge in [0.1, 0.15) is 0 Å². The van der Waals surface area contributed by atoms with Crippen LogP contribution in [0.1, 0.15) is 13.8 Å². The van der Waals surface area contributed by atoms with Crippen molar-refractivity contribution in [1.82, 2.24) is 10.6 Å². The summed E-state index contributed by atoms with van der Waals surface area (Å²) in [6.45, 7) is 5.39. The summed E-state index contributed by atoms with van der Waals surface area (Å²) in [5, 5.41) is 6.55. The summed E-state index contributed by atoms with van der Waals surface area (Å²) in [5.74, 6) is 0.662. The summed E-state index contributed by atoms with van der Waals surface area (Å²) >= 11 is 0. The predicted molar refractivity (Wildman–Crippen MR) is 38.9 cm³/mol. The largest absolute Gasteiger partial charge is 0.376 e. The van der Waals surface area contributed by atoms with Gasteiger partial charge in [0.15, 0.2) is 0 Å². The average Bonchev–Trinajstić information content (AvgIpc) is 1.90. The molecule has 0 saturated heterocycles. The van der Waals surface area contributed by atoms with Crippen LogP contribution in [-0.2, 0) is 0 Å². The van der Waals surface area contributed by atoms with Gasteiger partial charge in [-0.1, -0.05) is 19.9 Å². The fraction of sp³-hybridized carbons (Fsp3) is 0.714. The Morgan fingerprint density at radius 2 is 2.33 bits per heavy atom. The Balaban J connectivity index is 2.35. The molecule has 9 heavy (non-hydrogen) atoms. The predicted octanol–water partition coefficient (Wildman–Crippen LogP) is 0.675. The highest BCUT2D eigenvalue weighted by molar-refractivity contribution is 4.91. The zero-order valence-corrected chi connectivity index (χ0v) is 6.02. The van der Waals surface area contributed by atoms with E-state index in [-0.39, 0.29) is 0 Å². The third-order valence-corrected chi connectivity index (χ3v) is 1.52. The van der Waals surface area contributed by atoms with Gasteiger partial charge in [-0.05, 0) is 12.1 Å². The van der Waals surface area contributed by atoms with Gasteiger partial charge >= 0.3 is 0 Å². The molecule has 0 aromatic heterocycles. The van der Waals surface area contributed by atoms with Gasteiger partial charge in [-0.25, -0.2) is 0 Å². The highest BCUT2D eigenvalue weighted by atomic mass is 15.1. The summed E-state index contributed by atoms with van der Waals surface area (Å²) in [6.07, 6.45) is 4.56. The molecule has 0 spiro atoms. The Hall–Kier alpha value is -0.500. The monoisotopic (exact) mass is 126 g/mol. The lowest BCUT2D eigenvalue weighted by atomic mass is 10.1. The van der Waals surface area contributed by atoms with Crippen molar-refractivity contribution in [3.05, 3.63) is 12.3 Å². The van der Waals surface area contributed by atoms with Gasteiger partial charge in [-0.15, -0.1) is 0 Å². The van der Waals surface area contributed by atoms with E-state index in [9.17, 15) is 0 Å². The van der Waals surface area contributed by atoms with E-state index >= 15 is 0 Å². The molecule has 2 nitrogen and oxygen atoms in total. The summed E-state index contributed by atoms with van der Waals surface area (Å²) in [7, 11) is 0. The second-order valence-electron chi connectivity index (χ2n) is 2.70. The van der Waals surface area contributed by atoms with Crippen LogP contribution in [0.25, 0.3) is 0 Å². The van der Waals surface area contributed by atoms with Crippen molar-refractivity contribution >= 4 is 0 Å². The normalized spacial score (nSPS) is 26.3. The maximum Gasteiger partial charge on any atom is 0.0788 e. The van der Waals surface area contributed by atoms with E-state index in [4.69, 9.17) is 0 Å². The van der Waals surface area contributed by atoms with Crippen molar-refractivity contribution in [3.63, 3.8) is 0 Å². The first kappa shape index (κ1) is 6.62. The number of hydrogen-bond donors (Lipinski definition) is 2. The maximum atomic E-state index is 3.32. The third-order valence-electron chi connectivity index (χ3n) is 1.52. The Kier molecular flexibility index (Phi) is 2.11. The quantitative estimate of drug-likeness (QED) is 0.539. The SMILES string of the molecule is CC(C)C1NC=CCN1. The van der Waals surface area contributed by atoms with Crippen molar-refractivity contribution in [2.24, 2.45) is 5.92 Å². The second-order valence-corrected chi connectivity index (χ2v) is 2.70. The summed E-state index contributed by atoms with van der Waals surface area (Å²) in [6, 6.07) is 0. The number of rotatable bonds is 1. The van der Waals surface area contributed by atoms with Crippen LogP contribution in [0, 0.1) is 5.92 Å². The zero-order valence-electron chi connectivity index (χ0n) is 6.02. The van der Waals surface area contributed by atoms with E-state index in [0.29, 0.717) is 12.1 Å². The molecular formula is C7H14N2. The highest BCUT2D eigenvalue weighted by Gasteiger charge is 2.10. The molecule has 2 N–H and O–H groups in total. The highest BCUT2D eigenvalue weighted by Crippen LogP contribution is 1.99. The molecule has 0 amide bonds. The molecular weight excluding hydrogens is 112 g/mol. The first-order valence-corrected chi connectivity index (χ1v) is 3.45. The minimum absolute atomic E-state index is 0.468. The summed E-state index contributed by atoms with van der Waals surface area (Å²) in [5.41, 5.74) is 0. The summed E-state index contributed by atoms with van der Waals surface area (Å²) < 4.78 is 0. The van der Waals surface area contributed by atoms with E-state index in [0.717, 1.165) is 6.54 Å². The van der Waals surface area contributed by atoms with Crippen molar-refractivity contribution in [2.45, 2.75) is 20.0 Å². The molecule has 1 unspecified atom stereocenters. The zero-order chi connectivity index (χ0) is 6.69. The molecule has 0 fully saturated rings. The molecule has 0 bridgehead atoms. The standard InChI is InChI=1S/C7H14N2/c1-6(2)7-8-4-3-5-9-7/h3-4,6-9H,5H2,1-2H3. The summed E-state index contributed by atoms with van der Waals surface area (Å²) in [4.78, 5) is 0. The van der Waals surface area contributed by atoms with E-state index in [1.165, 1.54) is 0 Å². The van der Waals surface area contributed by atoms with Gasteiger partial charge in [0.2, 0.25) is 0 Å². The van der Waals surface area contributed by atoms with Crippen LogP contribution in [0.4, 0.5) is 0 Å². The molecule has 1 aliphatic heterocycles. The lowest BCUT2D eigenvalue weighted by Gasteiger charge is -2.24. The molecule has 0 aromatic rings. The van der Waals surface area contributed by atoms with Gasteiger partial charge in [0.05, 0.1) is 6.17 Å². The molecule has 0 saturated carbocycles. The average molecular weight is 126 g/mol. The van der Waals surface area contributed by atoms with Crippen LogP contribution in [-0.4, -0.2) is 12.7 Å². The molecule has 0 radical (unpaired) electrons. The number of nitrogens with one attached hydrogen (secondary N) is 2. The molecule has 1 aliphatic rings. The van der Waals surface area contributed by atoms with Crippen LogP contribution in [0.3, 0.4) is 0 Å². The molecule has 0 aliphatic carbocycles. The van der Waals surface area contributed by atoms with Gasteiger partial charge in [-0.3, -0.25) is 5.32 Å². The van der Waals surface area contributed by atoms with Crippen LogP contribution in [0.2, 0.25) is 0 Å². The van der Waals surface area contributed by atoms with E-state index < -0.39 is 0 Å². The van der Waals surface area contributed by atoms with Gasteiger partial charge in [-0.2, -0.15) is 0 Å².